The Labute approximate surface area is 183 Å². The summed E-state index contributed by atoms with van der Waals surface area (Å²) in [6.07, 6.45) is 0. The van der Waals surface area contributed by atoms with Gasteiger partial charge in [0.1, 0.15) is 12.4 Å². The predicted octanol–water partition coefficient (Wildman–Crippen LogP) is 2.81. The molecule has 0 amide bonds. The highest BCUT2D eigenvalue weighted by atomic mass is 35.5. The zero-order chi connectivity index (χ0) is 21.8. The van der Waals surface area contributed by atoms with Gasteiger partial charge in [0.15, 0.2) is 11.5 Å². The van der Waals surface area contributed by atoms with Gasteiger partial charge in [0, 0.05) is 17.6 Å². The van der Waals surface area contributed by atoms with Crippen molar-refractivity contribution in [3.63, 3.8) is 0 Å². The van der Waals surface area contributed by atoms with Crippen LogP contribution in [0.2, 0.25) is 5.02 Å². The summed E-state index contributed by atoms with van der Waals surface area (Å²) in [5.41, 5.74) is 1.27. The van der Waals surface area contributed by atoms with Crippen LogP contribution >= 0.6 is 11.6 Å². The minimum Gasteiger partial charge on any atom is -0.496 e. The Kier molecular flexibility index (Phi) is 6.03. The van der Waals surface area contributed by atoms with Gasteiger partial charge in [-0.15, -0.1) is 15.3 Å². The number of para-hydroxylation sites is 1. The summed E-state index contributed by atoms with van der Waals surface area (Å²) >= 11 is 5.86. The molecule has 4 aromatic rings. The first kappa shape index (κ1) is 21.0. The van der Waals surface area contributed by atoms with Crippen molar-refractivity contribution in [1.29, 1.82) is 0 Å². The molecule has 4 rings (SSSR count). The van der Waals surface area contributed by atoms with Gasteiger partial charge in [-0.1, -0.05) is 29.8 Å². The number of ether oxygens (including phenoxy) is 2. The van der Waals surface area contributed by atoms with Gasteiger partial charge in [-0.3, -0.25) is 0 Å². The van der Waals surface area contributed by atoms with E-state index in [0.29, 0.717) is 28.1 Å². The van der Waals surface area contributed by atoms with Crippen molar-refractivity contribution in [3.05, 3.63) is 65.7 Å². The molecule has 0 bridgehead atoms. The van der Waals surface area contributed by atoms with Crippen LogP contribution in [0.4, 0.5) is 0 Å². The lowest BCUT2D eigenvalue weighted by atomic mass is 10.2. The number of benzene rings is 2. The predicted molar refractivity (Wildman–Crippen MR) is 115 cm³/mol. The van der Waals surface area contributed by atoms with Gasteiger partial charge in [0.2, 0.25) is 15.9 Å². The summed E-state index contributed by atoms with van der Waals surface area (Å²) < 4.78 is 39.7. The average Bonchev–Trinajstić information content (AvgIpc) is 3.20. The van der Waals surface area contributed by atoms with Crippen molar-refractivity contribution in [2.45, 2.75) is 4.90 Å². The van der Waals surface area contributed by atoms with Crippen LogP contribution in [0, 0.1) is 0 Å². The van der Waals surface area contributed by atoms with Gasteiger partial charge >= 0.3 is 0 Å². The van der Waals surface area contributed by atoms with Crippen LogP contribution in [-0.2, 0) is 10.0 Å². The SMILES string of the molecule is COc1ccccc1-c1nnc2ccc(OCCNS(=O)(=O)c3cccc(Cl)c3)nn12. The van der Waals surface area contributed by atoms with Crippen molar-refractivity contribution < 1.29 is 17.9 Å². The van der Waals surface area contributed by atoms with E-state index in [1.165, 1.54) is 12.1 Å². The molecular weight excluding hydrogens is 442 g/mol. The molecule has 2 aromatic carbocycles. The Morgan fingerprint density at radius 1 is 1.06 bits per heavy atom. The van der Waals surface area contributed by atoms with Crippen LogP contribution in [-0.4, -0.2) is 48.5 Å². The maximum atomic E-state index is 12.3. The summed E-state index contributed by atoms with van der Waals surface area (Å²) in [7, 11) is -2.11. The summed E-state index contributed by atoms with van der Waals surface area (Å²) in [6.45, 7) is 0.126. The summed E-state index contributed by atoms with van der Waals surface area (Å²) in [4.78, 5) is 0.0884. The molecule has 0 saturated carbocycles. The normalized spacial score (nSPS) is 11.5. The smallest absolute Gasteiger partial charge is 0.240 e. The zero-order valence-corrected chi connectivity index (χ0v) is 18.0. The van der Waals surface area contributed by atoms with E-state index in [1.807, 2.05) is 24.3 Å². The fourth-order valence-corrected chi connectivity index (χ4v) is 4.21. The van der Waals surface area contributed by atoms with Crippen LogP contribution < -0.4 is 14.2 Å². The molecule has 0 fully saturated rings. The highest BCUT2D eigenvalue weighted by molar-refractivity contribution is 7.89. The van der Waals surface area contributed by atoms with Crippen molar-refractivity contribution in [2.24, 2.45) is 0 Å². The van der Waals surface area contributed by atoms with E-state index in [0.717, 1.165) is 5.56 Å². The van der Waals surface area contributed by atoms with Gasteiger partial charge in [0.25, 0.3) is 0 Å². The van der Waals surface area contributed by atoms with Gasteiger partial charge in [0.05, 0.1) is 17.6 Å². The Balaban J connectivity index is 1.46. The maximum absolute atomic E-state index is 12.3. The fourth-order valence-electron chi connectivity index (χ4n) is 2.90. The number of halogens is 1. The molecule has 0 atom stereocenters. The van der Waals surface area contributed by atoms with Crippen molar-refractivity contribution in [3.8, 4) is 23.0 Å². The number of hydrogen-bond acceptors (Lipinski definition) is 7. The number of aromatic nitrogens is 4. The van der Waals surface area contributed by atoms with Crippen LogP contribution in [0.1, 0.15) is 0 Å². The minimum atomic E-state index is -3.69. The maximum Gasteiger partial charge on any atom is 0.240 e. The number of rotatable bonds is 8. The number of nitrogens with one attached hydrogen (secondary N) is 1. The Bertz CT molecular complexity index is 1330. The van der Waals surface area contributed by atoms with E-state index >= 15 is 0 Å². The minimum absolute atomic E-state index is 0.0517. The Morgan fingerprint density at radius 2 is 1.90 bits per heavy atom. The molecule has 0 aliphatic carbocycles. The van der Waals surface area contributed by atoms with Gasteiger partial charge in [-0.05, 0) is 36.4 Å². The molecule has 0 unspecified atom stereocenters. The molecule has 0 saturated heterocycles. The molecule has 0 spiro atoms. The molecule has 1 N–H and O–H groups in total. The van der Waals surface area contributed by atoms with Crippen molar-refractivity contribution in [1.82, 2.24) is 24.5 Å². The van der Waals surface area contributed by atoms with Gasteiger partial charge < -0.3 is 9.47 Å². The van der Waals surface area contributed by atoms with Crippen molar-refractivity contribution in [2.75, 3.05) is 20.3 Å². The lowest BCUT2D eigenvalue weighted by molar-refractivity contribution is 0.306. The second kappa shape index (κ2) is 8.88. The van der Waals surface area contributed by atoms with E-state index in [9.17, 15) is 8.42 Å². The molecule has 31 heavy (non-hydrogen) atoms. The van der Waals surface area contributed by atoms with Gasteiger partial charge in [-0.25, -0.2) is 13.1 Å². The third-order valence-corrected chi connectivity index (χ3v) is 6.03. The topological polar surface area (TPSA) is 108 Å². The number of methoxy groups -OCH3 is 1. The fraction of sp³-hybridized carbons (Fsp3) is 0.150. The third-order valence-electron chi connectivity index (χ3n) is 4.34. The lowest BCUT2D eigenvalue weighted by Crippen LogP contribution is -2.28. The van der Waals surface area contributed by atoms with E-state index < -0.39 is 10.0 Å². The molecule has 0 aliphatic heterocycles. The quantitative estimate of drug-likeness (QED) is 0.403. The van der Waals surface area contributed by atoms with Crippen LogP contribution in [0.3, 0.4) is 0 Å². The molecule has 0 radical (unpaired) electrons. The lowest BCUT2D eigenvalue weighted by Gasteiger charge is -2.09. The van der Waals surface area contributed by atoms with E-state index in [4.69, 9.17) is 21.1 Å². The number of fused-ring (bicyclic) bond motifs is 1. The second-order valence-corrected chi connectivity index (χ2v) is 8.57. The molecule has 9 nitrogen and oxygen atoms in total. The monoisotopic (exact) mass is 459 g/mol. The molecular formula is C20H18ClN5O4S. The largest absolute Gasteiger partial charge is 0.496 e. The van der Waals surface area contributed by atoms with Gasteiger partial charge in [-0.2, -0.15) is 4.52 Å². The first-order chi connectivity index (χ1) is 15.0. The second-order valence-electron chi connectivity index (χ2n) is 6.37. The third kappa shape index (κ3) is 4.61. The van der Waals surface area contributed by atoms with Crippen LogP contribution in [0.15, 0.2) is 65.6 Å². The Morgan fingerprint density at radius 3 is 2.71 bits per heavy atom. The number of nitrogens with zero attached hydrogens (tertiary/aromatic N) is 4. The van der Waals surface area contributed by atoms with Crippen LogP contribution in [0.25, 0.3) is 17.0 Å². The number of hydrogen-bond donors (Lipinski definition) is 1. The highest BCUT2D eigenvalue weighted by Gasteiger charge is 2.15. The standard InChI is InChI=1S/C20H18ClN5O4S/c1-29-17-8-3-2-7-16(17)20-24-23-18-9-10-19(25-26(18)20)30-12-11-22-31(27,28)15-6-4-5-14(21)13-15/h2-10,13,22H,11-12H2,1H3. The van der Waals surface area contributed by atoms with E-state index in [-0.39, 0.29) is 18.0 Å². The molecule has 11 heteroatoms. The summed E-state index contributed by atoms with van der Waals surface area (Å²) in [6, 6.07) is 16.8. The van der Waals surface area contributed by atoms with E-state index in [1.54, 1.807) is 35.9 Å². The Hall–Kier alpha value is -3.21. The number of sulfonamides is 1. The zero-order valence-electron chi connectivity index (χ0n) is 16.4. The highest BCUT2D eigenvalue weighted by Crippen LogP contribution is 2.28. The van der Waals surface area contributed by atoms with Crippen molar-refractivity contribution >= 4 is 27.3 Å². The first-order valence-electron chi connectivity index (χ1n) is 9.22. The first-order valence-corrected chi connectivity index (χ1v) is 11.1. The molecule has 0 aliphatic rings. The van der Waals surface area contributed by atoms with Crippen LogP contribution in [0.5, 0.6) is 11.6 Å². The average molecular weight is 460 g/mol. The summed E-state index contributed by atoms with van der Waals surface area (Å²) in [5.74, 6) is 1.44. The van der Waals surface area contributed by atoms with E-state index in [2.05, 4.69) is 20.0 Å². The molecule has 160 valence electrons. The molecule has 2 aromatic heterocycles. The summed E-state index contributed by atoms with van der Waals surface area (Å²) in [5, 5.41) is 13.1. The molecule has 2 heterocycles.